The predicted octanol–water partition coefficient (Wildman–Crippen LogP) is 3.41. The van der Waals surface area contributed by atoms with E-state index in [1.165, 1.54) is 6.07 Å². The standard InChI is InChI=1S/C12H10N4O2/c1-7-3-4-8(2)9(5-7)11-6-10(15-18-11)12(17)14-16-13/h3-6H,1-2H3. The third-order valence-corrected chi connectivity index (χ3v) is 2.52. The highest BCUT2D eigenvalue weighted by Gasteiger charge is 2.13. The van der Waals surface area contributed by atoms with Crippen LogP contribution < -0.4 is 0 Å². The van der Waals surface area contributed by atoms with Gasteiger partial charge in [-0.2, -0.15) is 0 Å². The monoisotopic (exact) mass is 242 g/mol. The average molecular weight is 242 g/mol. The van der Waals surface area contributed by atoms with Gasteiger partial charge >= 0.3 is 0 Å². The Hall–Kier alpha value is -2.59. The number of aromatic nitrogens is 1. The summed E-state index contributed by atoms with van der Waals surface area (Å²) in [5.41, 5.74) is 11.1. The second-order valence-corrected chi connectivity index (χ2v) is 3.89. The first-order valence-corrected chi connectivity index (χ1v) is 5.25. The summed E-state index contributed by atoms with van der Waals surface area (Å²) < 4.78 is 5.10. The zero-order chi connectivity index (χ0) is 13.1. The van der Waals surface area contributed by atoms with Crippen molar-refractivity contribution in [2.24, 2.45) is 5.11 Å². The van der Waals surface area contributed by atoms with Gasteiger partial charge in [0.05, 0.1) is 0 Å². The highest BCUT2D eigenvalue weighted by atomic mass is 16.5. The number of carbonyl (C=O) groups is 1. The number of carbonyl (C=O) groups excluding carboxylic acids is 1. The van der Waals surface area contributed by atoms with Crippen molar-refractivity contribution >= 4 is 5.91 Å². The van der Waals surface area contributed by atoms with Crippen LogP contribution in [0.3, 0.4) is 0 Å². The van der Waals surface area contributed by atoms with Crippen LogP contribution in [0.15, 0.2) is 33.9 Å². The van der Waals surface area contributed by atoms with Crippen LogP contribution in [0.5, 0.6) is 0 Å². The second kappa shape index (κ2) is 4.73. The van der Waals surface area contributed by atoms with Gasteiger partial charge in [-0.15, -0.1) is 0 Å². The molecule has 0 saturated carbocycles. The van der Waals surface area contributed by atoms with Crippen molar-refractivity contribution in [2.75, 3.05) is 0 Å². The summed E-state index contributed by atoms with van der Waals surface area (Å²) in [4.78, 5) is 13.7. The van der Waals surface area contributed by atoms with E-state index in [4.69, 9.17) is 10.1 Å². The Morgan fingerprint density at radius 2 is 2.17 bits per heavy atom. The van der Waals surface area contributed by atoms with Crippen LogP contribution in [0.4, 0.5) is 0 Å². The van der Waals surface area contributed by atoms with Gasteiger partial charge in [0.15, 0.2) is 11.5 Å². The van der Waals surface area contributed by atoms with Crippen LogP contribution in [0.2, 0.25) is 0 Å². The molecule has 90 valence electrons. The summed E-state index contributed by atoms with van der Waals surface area (Å²) in [5.74, 6) is -0.273. The molecule has 2 aromatic rings. The highest BCUT2D eigenvalue weighted by molar-refractivity contribution is 5.93. The van der Waals surface area contributed by atoms with Crippen molar-refractivity contribution in [1.29, 1.82) is 0 Å². The summed E-state index contributed by atoms with van der Waals surface area (Å²) in [7, 11) is 0. The lowest BCUT2D eigenvalue weighted by molar-refractivity contribution is 0.0992. The molecule has 2 rings (SSSR count). The van der Waals surface area contributed by atoms with E-state index in [1.807, 2.05) is 32.0 Å². The van der Waals surface area contributed by atoms with E-state index in [0.717, 1.165) is 16.7 Å². The molecule has 18 heavy (non-hydrogen) atoms. The minimum Gasteiger partial charge on any atom is -0.356 e. The molecule has 1 aromatic carbocycles. The highest BCUT2D eigenvalue weighted by Crippen LogP contribution is 2.25. The lowest BCUT2D eigenvalue weighted by atomic mass is 10.0. The van der Waals surface area contributed by atoms with Crippen molar-refractivity contribution in [3.05, 3.63) is 51.5 Å². The maximum Gasteiger partial charge on any atom is 0.270 e. The molecule has 0 unspecified atom stereocenters. The Labute approximate surface area is 103 Å². The zero-order valence-corrected chi connectivity index (χ0v) is 9.91. The largest absolute Gasteiger partial charge is 0.356 e. The Morgan fingerprint density at radius 1 is 1.39 bits per heavy atom. The molecule has 6 heteroatoms. The molecule has 1 aromatic heterocycles. The molecule has 0 N–H and O–H groups in total. The molecule has 0 spiro atoms. The van der Waals surface area contributed by atoms with Gasteiger partial charge in [0.1, 0.15) is 0 Å². The SMILES string of the molecule is Cc1ccc(C)c(-c2cc(C(=O)N=[N+]=[N-])no2)c1. The normalized spacial score (nSPS) is 9.89. The fraction of sp³-hybridized carbons (Fsp3) is 0.167. The molecule has 0 bridgehead atoms. The molecule has 0 aliphatic carbocycles. The van der Waals surface area contributed by atoms with Crippen molar-refractivity contribution in [1.82, 2.24) is 5.16 Å². The molecule has 0 aliphatic rings. The molecular formula is C12H10N4O2. The van der Waals surface area contributed by atoms with Crippen molar-refractivity contribution in [3.63, 3.8) is 0 Å². The van der Waals surface area contributed by atoms with Crippen LogP contribution in [-0.4, -0.2) is 11.1 Å². The summed E-state index contributed by atoms with van der Waals surface area (Å²) in [6, 6.07) is 7.36. The quantitative estimate of drug-likeness (QED) is 0.459. The van der Waals surface area contributed by atoms with Crippen LogP contribution in [0.25, 0.3) is 21.8 Å². The molecule has 0 fully saturated rings. The minimum absolute atomic E-state index is 0.00343. The summed E-state index contributed by atoms with van der Waals surface area (Å²) >= 11 is 0. The smallest absolute Gasteiger partial charge is 0.270 e. The van der Waals surface area contributed by atoms with E-state index in [9.17, 15) is 4.79 Å². The summed E-state index contributed by atoms with van der Waals surface area (Å²) in [6.45, 7) is 3.90. The maximum absolute atomic E-state index is 11.3. The average Bonchev–Trinajstić information content (AvgIpc) is 2.82. The van der Waals surface area contributed by atoms with Gasteiger partial charge in [-0.1, -0.05) is 22.9 Å². The third-order valence-electron chi connectivity index (χ3n) is 2.52. The van der Waals surface area contributed by atoms with Gasteiger partial charge in [0, 0.05) is 16.5 Å². The van der Waals surface area contributed by atoms with Crippen LogP contribution >= 0.6 is 0 Å². The van der Waals surface area contributed by atoms with E-state index in [2.05, 4.69) is 15.2 Å². The van der Waals surface area contributed by atoms with E-state index >= 15 is 0 Å². The first-order valence-electron chi connectivity index (χ1n) is 5.25. The Balaban J connectivity index is 2.43. The predicted molar refractivity (Wildman–Crippen MR) is 64.9 cm³/mol. The number of nitrogens with zero attached hydrogens (tertiary/aromatic N) is 4. The van der Waals surface area contributed by atoms with Crippen molar-refractivity contribution < 1.29 is 9.32 Å². The van der Waals surface area contributed by atoms with E-state index in [1.54, 1.807) is 0 Å². The number of benzene rings is 1. The number of hydrogen-bond acceptors (Lipinski definition) is 3. The van der Waals surface area contributed by atoms with E-state index < -0.39 is 5.91 Å². The molecule has 0 atom stereocenters. The Kier molecular flexibility index (Phi) is 3.12. The molecule has 0 aliphatic heterocycles. The molecule has 6 nitrogen and oxygen atoms in total. The third kappa shape index (κ3) is 2.23. The maximum atomic E-state index is 11.3. The van der Waals surface area contributed by atoms with Crippen molar-refractivity contribution in [3.8, 4) is 11.3 Å². The molecule has 0 saturated heterocycles. The fourth-order valence-electron chi connectivity index (χ4n) is 1.60. The Bertz CT molecular complexity index is 654. The summed E-state index contributed by atoms with van der Waals surface area (Å²) in [6.07, 6.45) is 0. The number of azide groups is 1. The number of aryl methyl sites for hydroxylation is 2. The first-order chi connectivity index (χ1) is 8.61. The molecule has 1 amide bonds. The van der Waals surface area contributed by atoms with E-state index in [0.29, 0.717) is 5.76 Å². The van der Waals surface area contributed by atoms with Gasteiger partial charge in [0.2, 0.25) is 0 Å². The van der Waals surface area contributed by atoms with Crippen molar-refractivity contribution in [2.45, 2.75) is 13.8 Å². The first kappa shape index (κ1) is 11.9. The van der Waals surface area contributed by atoms with Crippen LogP contribution in [0, 0.1) is 13.8 Å². The van der Waals surface area contributed by atoms with E-state index in [-0.39, 0.29) is 5.69 Å². The lowest BCUT2D eigenvalue weighted by Gasteiger charge is -2.02. The van der Waals surface area contributed by atoms with Gasteiger partial charge in [-0.3, -0.25) is 4.79 Å². The fourth-order valence-corrected chi connectivity index (χ4v) is 1.60. The molecular weight excluding hydrogens is 232 g/mol. The second-order valence-electron chi connectivity index (χ2n) is 3.89. The van der Waals surface area contributed by atoms with Crippen LogP contribution in [0.1, 0.15) is 21.6 Å². The van der Waals surface area contributed by atoms with Gasteiger partial charge in [0.25, 0.3) is 5.91 Å². The summed E-state index contributed by atoms with van der Waals surface area (Å²) in [5, 5.41) is 6.55. The van der Waals surface area contributed by atoms with Gasteiger partial charge in [-0.05, 0) is 36.1 Å². The molecule has 0 radical (unpaired) electrons. The Morgan fingerprint density at radius 3 is 2.89 bits per heavy atom. The number of rotatable bonds is 2. The van der Waals surface area contributed by atoms with Gasteiger partial charge < -0.3 is 4.52 Å². The van der Waals surface area contributed by atoms with Crippen LogP contribution in [-0.2, 0) is 0 Å². The molecule has 1 heterocycles. The lowest BCUT2D eigenvalue weighted by Crippen LogP contribution is -1.91. The number of hydrogen-bond donors (Lipinski definition) is 0. The zero-order valence-electron chi connectivity index (χ0n) is 9.91. The minimum atomic E-state index is -0.752. The topological polar surface area (TPSA) is 91.9 Å². The van der Waals surface area contributed by atoms with Gasteiger partial charge in [-0.25, -0.2) is 0 Å². The number of amides is 1.